The number of benzene rings is 5. The Morgan fingerprint density at radius 3 is 1.93 bits per heavy atom. The SMILES string of the molecule is COc1ccc(-c2ccc(C(=O)Nc3ccc4cc(CN5CCC(c6ccc(OC)cc6)CC5)ccc4c3)cc2)cc1. The van der Waals surface area contributed by atoms with Gasteiger partial charge >= 0.3 is 0 Å². The third kappa shape index (κ3) is 6.32. The summed E-state index contributed by atoms with van der Waals surface area (Å²) in [6.45, 7) is 3.15. The first-order valence-electron chi connectivity index (χ1n) is 14.5. The number of hydrogen-bond acceptors (Lipinski definition) is 4. The molecule has 1 heterocycles. The zero-order valence-corrected chi connectivity index (χ0v) is 24.2. The van der Waals surface area contributed by atoms with Crippen LogP contribution in [0, 0.1) is 0 Å². The summed E-state index contributed by atoms with van der Waals surface area (Å²) in [7, 11) is 3.37. The van der Waals surface area contributed by atoms with Gasteiger partial charge in [-0.2, -0.15) is 0 Å². The molecule has 0 atom stereocenters. The molecule has 0 aliphatic carbocycles. The molecule has 6 rings (SSSR count). The number of carbonyl (C=O) groups excluding carboxylic acids is 1. The van der Waals surface area contributed by atoms with Crippen LogP contribution in [0.5, 0.6) is 11.5 Å². The van der Waals surface area contributed by atoms with Crippen LogP contribution in [0.25, 0.3) is 21.9 Å². The van der Waals surface area contributed by atoms with Crippen LogP contribution in [0.15, 0.2) is 109 Å². The number of ether oxygens (including phenoxy) is 2. The van der Waals surface area contributed by atoms with Gasteiger partial charge in [0.05, 0.1) is 14.2 Å². The zero-order valence-electron chi connectivity index (χ0n) is 24.2. The number of carbonyl (C=O) groups is 1. The molecule has 1 amide bonds. The first-order valence-corrected chi connectivity index (χ1v) is 14.5. The van der Waals surface area contributed by atoms with Gasteiger partial charge in [0.25, 0.3) is 5.91 Å². The lowest BCUT2D eigenvalue weighted by Gasteiger charge is -2.32. The minimum atomic E-state index is -0.120. The topological polar surface area (TPSA) is 50.8 Å². The normalized spacial score (nSPS) is 14.0. The van der Waals surface area contributed by atoms with Gasteiger partial charge in [-0.1, -0.05) is 54.6 Å². The second-order valence-electron chi connectivity index (χ2n) is 11.0. The lowest BCUT2D eigenvalue weighted by atomic mass is 9.89. The Labute approximate surface area is 247 Å². The summed E-state index contributed by atoms with van der Waals surface area (Å²) in [6, 6.07) is 36.9. The third-order valence-electron chi connectivity index (χ3n) is 8.31. The minimum absolute atomic E-state index is 0.120. The van der Waals surface area contributed by atoms with Crippen LogP contribution in [-0.2, 0) is 6.54 Å². The second-order valence-corrected chi connectivity index (χ2v) is 11.0. The number of likely N-dealkylation sites (tertiary alicyclic amines) is 1. The molecular weight excluding hydrogens is 520 g/mol. The van der Waals surface area contributed by atoms with Crippen molar-refractivity contribution in [2.45, 2.75) is 25.3 Å². The number of fused-ring (bicyclic) bond motifs is 1. The van der Waals surface area contributed by atoms with Crippen molar-refractivity contribution in [1.82, 2.24) is 4.90 Å². The van der Waals surface area contributed by atoms with Gasteiger partial charge in [-0.15, -0.1) is 0 Å². The number of methoxy groups -OCH3 is 2. The molecule has 0 aromatic heterocycles. The molecule has 0 bridgehead atoms. The third-order valence-corrected chi connectivity index (χ3v) is 8.31. The molecule has 1 aliphatic rings. The number of nitrogens with zero attached hydrogens (tertiary/aromatic N) is 1. The summed E-state index contributed by atoms with van der Waals surface area (Å²) >= 11 is 0. The molecule has 1 fully saturated rings. The minimum Gasteiger partial charge on any atom is -0.497 e. The molecule has 5 heteroatoms. The zero-order chi connectivity index (χ0) is 28.9. The van der Waals surface area contributed by atoms with Gasteiger partial charge in [0.1, 0.15) is 11.5 Å². The van der Waals surface area contributed by atoms with Crippen LogP contribution in [0.2, 0.25) is 0 Å². The fourth-order valence-electron chi connectivity index (χ4n) is 5.83. The molecule has 0 saturated carbocycles. The lowest BCUT2D eigenvalue weighted by Crippen LogP contribution is -2.32. The summed E-state index contributed by atoms with van der Waals surface area (Å²) in [4.78, 5) is 15.5. The Morgan fingerprint density at radius 1 is 0.714 bits per heavy atom. The molecule has 1 N–H and O–H groups in total. The molecule has 212 valence electrons. The van der Waals surface area contributed by atoms with Gasteiger partial charge in [-0.25, -0.2) is 0 Å². The molecule has 0 unspecified atom stereocenters. The standard InChI is InChI=1S/C37H36N2O3/c1-41-35-15-10-28(11-16-35)27-5-7-31(8-6-27)37(40)38-34-14-9-32-23-26(3-4-33(32)24-34)25-39-21-19-30(20-22-39)29-12-17-36(42-2)18-13-29/h3-18,23-24,30H,19-22,25H2,1-2H3,(H,38,40). The molecule has 5 aromatic carbocycles. The van der Waals surface area contributed by atoms with Gasteiger partial charge in [0, 0.05) is 17.8 Å². The average Bonchev–Trinajstić information content (AvgIpc) is 3.05. The Morgan fingerprint density at radius 2 is 1.29 bits per heavy atom. The predicted octanol–water partition coefficient (Wildman–Crippen LogP) is 8.16. The maximum absolute atomic E-state index is 13.0. The summed E-state index contributed by atoms with van der Waals surface area (Å²) in [6.07, 6.45) is 2.35. The Hall–Kier alpha value is -4.61. The number of anilines is 1. The second kappa shape index (κ2) is 12.5. The molecule has 0 radical (unpaired) electrons. The van der Waals surface area contributed by atoms with E-state index in [4.69, 9.17) is 9.47 Å². The molecule has 5 nitrogen and oxygen atoms in total. The van der Waals surface area contributed by atoms with E-state index in [1.165, 1.54) is 29.4 Å². The monoisotopic (exact) mass is 556 g/mol. The van der Waals surface area contributed by atoms with E-state index in [1.54, 1.807) is 14.2 Å². The van der Waals surface area contributed by atoms with E-state index in [1.807, 2.05) is 60.7 Å². The van der Waals surface area contributed by atoms with Gasteiger partial charge in [0.2, 0.25) is 0 Å². The first kappa shape index (κ1) is 27.6. The van der Waals surface area contributed by atoms with Crippen LogP contribution in [-0.4, -0.2) is 38.1 Å². The van der Waals surface area contributed by atoms with Crippen LogP contribution in [0.4, 0.5) is 5.69 Å². The van der Waals surface area contributed by atoms with Crippen molar-refractivity contribution >= 4 is 22.4 Å². The van der Waals surface area contributed by atoms with Crippen LogP contribution >= 0.6 is 0 Å². The van der Waals surface area contributed by atoms with Crippen molar-refractivity contribution in [1.29, 1.82) is 0 Å². The fraction of sp³-hybridized carbons (Fsp3) is 0.216. The lowest BCUT2D eigenvalue weighted by molar-refractivity contribution is 0.102. The highest BCUT2D eigenvalue weighted by atomic mass is 16.5. The van der Waals surface area contributed by atoms with Crippen LogP contribution in [0.3, 0.4) is 0 Å². The summed E-state index contributed by atoms with van der Waals surface area (Å²) in [5.74, 6) is 2.23. The van der Waals surface area contributed by atoms with Crippen molar-refractivity contribution in [3.05, 3.63) is 126 Å². The fourth-order valence-corrected chi connectivity index (χ4v) is 5.83. The smallest absolute Gasteiger partial charge is 0.255 e. The maximum Gasteiger partial charge on any atom is 0.255 e. The molecular formula is C37H36N2O3. The van der Waals surface area contributed by atoms with Crippen molar-refractivity contribution < 1.29 is 14.3 Å². The Balaban J connectivity index is 1.05. The largest absolute Gasteiger partial charge is 0.497 e. The molecule has 42 heavy (non-hydrogen) atoms. The average molecular weight is 557 g/mol. The number of amides is 1. The number of nitrogens with one attached hydrogen (secondary N) is 1. The summed E-state index contributed by atoms with van der Waals surface area (Å²) in [5.41, 5.74) is 6.28. The number of piperidine rings is 1. The molecule has 0 spiro atoms. The van der Waals surface area contributed by atoms with Crippen molar-refractivity contribution in [2.24, 2.45) is 0 Å². The van der Waals surface area contributed by atoms with Crippen molar-refractivity contribution in [2.75, 3.05) is 32.6 Å². The van der Waals surface area contributed by atoms with Crippen molar-refractivity contribution in [3.8, 4) is 22.6 Å². The van der Waals surface area contributed by atoms with E-state index < -0.39 is 0 Å². The van der Waals surface area contributed by atoms with E-state index in [-0.39, 0.29) is 5.91 Å². The number of rotatable bonds is 8. The van der Waals surface area contributed by atoms with Crippen LogP contribution < -0.4 is 14.8 Å². The van der Waals surface area contributed by atoms with E-state index in [0.717, 1.165) is 53.3 Å². The molecule has 5 aromatic rings. The Bertz CT molecular complexity index is 1650. The maximum atomic E-state index is 13.0. The van der Waals surface area contributed by atoms with E-state index >= 15 is 0 Å². The van der Waals surface area contributed by atoms with E-state index in [9.17, 15) is 4.79 Å². The number of hydrogen-bond donors (Lipinski definition) is 1. The highest BCUT2D eigenvalue weighted by Crippen LogP contribution is 2.30. The van der Waals surface area contributed by atoms with Gasteiger partial charge in [-0.05, 0) is 119 Å². The molecule has 1 saturated heterocycles. The highest BCUT2D eigenvalue weighted by Gasteiger charge is 2.21. The first-order chi connectivity index (χ1) is 20.6. The van der Waals surface area contributed by atoms with Crippen LogP contribution in [0.1, 0.15) is 40.2 Å². The van der Waals surface area contributed by atoms with Gasteiger partial charge in [0.15, 0.2) is 0 Å². The quantitative estimate of drug-likeness (QED) is 0.210. The molecule has 1 aliphatic heterocycles. The Kier molecular flexibility index (Phi) is 8.20. The predicted molar refractivity (Wildman–Crippen MR) is 171 cm³/mol. The van der Waals surface area contributed by atoms with Gasteiger partial charge < -0.3 is 14.8 Å². The van der Waals surface area contributed by atoms with Crippen molar-refractivity contribution in [3.63, 3.8) is 0 Å². The summed E-state index contributed by atoms with van der Waals surface area (Å²) in [5, 5.41) is 5.36. The van der Waals surface area contributed by atoms with E-state index in [0.29, 0.717) is 11.5 Å². The van der Waals surface area contributed by atoms with Gasteiger partial charge in [-0.3, -0.25) is 9.69 Å². The highest BCUT2D eigenvalue weighted by molar-refractivity contribution is 6.05. The summed E-state index contributed by atoms with van der Waals surface area (Å²) < 4.78 is 10.5. The van der Waals surface area contributed by atoms with E-state index in [2.05, 4.69) is 58.7 Å².